The van der Waals surface area contributed by atoms with E-state index in [1.807, 2.05) is 0 Å². The Hall–Kier alpha value is -1.02. The number of hydrogen-bond acceptors (Lipinski definition) is 2. The molecule has 0 spiro atoms. The Kier molecular flexibility index (Phi) is 3.79. The lowest BCUT2D eigenvalue weighted by molar-refractivity contribution is 0.337. The SMILES string of the molecule is CNC1CCCC(N2CCCc3cc(C)ccc32)C1. The summed E-state index contributed by atoms with van der Waals surface area (Å²) in [4.78, 5) is 2.70. The van der Waals surface area contributed by atoms with Crippen molar-refractivity contribution in [2.45, 2.75) is 57.5 Å². The number of aryl methyl sites for hydroxylation is 2. The minimum Gasteiger partial charge on any atom is -0.368 e. The Balaban J connectivity index is 1.83. The van der Waals surface area contributed by atoms with Crippen molar-refractivity contribution in [1.82, 2.24) is 5.32 Å². The van der Waals surface area contributed by atoms with Crippen LogP contribution in [0.5, 0.6) is 0 Å². The Morgan fingerprint density at radius 2 is 2.11 bits per heavy atom. The zero-order valence-corrected chi connectivity index (χ0v) is 12.3. The van der Waals surface area contributed by atoms with Crippen LogP contribution in [-0.4, -0.2) is 25.7 Å². The van der Waals surface area contributed by atoms with Crippen molar-refractivity contribution in [2.75, 3.05) is 18.5 Å². The van der Waals surface area contributed by atoms with Gasteiger partial charge in [0.05, 0.1) is 0 Å². The van der Waals surface area contributed by atoms with Gasteiger partial charge in [0.15, 0.2) is 0 Å². The molecule has 2 unspecified atom stereocenters. The molecule has 104 valence electrons. The predicted octanol–water partition coefficient (Wildman–Crippen LogP) is 3.28. The molecule has 2 nitrogen and oxygen atoms in total. The monoisotopic (exact) mass is 258 g/mol. The molecule has 1 saturated carbocycles. The molecule has 0 bridgehead atoms. The van der Waals surface area contributed by atoms with Crippen LogP contribution in [0.1, 0.15) is 43.2 Å². The van der Waals surface area contributed by atoms with Gasteiger partial charge in [-0.3, -0.25) is 0 Å². The lowest BCUT2D eigenvalue weighted by Crippen LogP contribution is -2.45. The highest BCUT2D eigenvalue weighted by molar-refractivity contribution is 5.57. The van der Waals surface area contributed by atoms with E-state index in [0.29, 0.717) is 0 Å². The third-order valence-corrected chi connectivity index (χ3v) is 4.89. The van der Waals surface area contributed by atoms with Crippen LogP contribution in [0.25, 0.3) is 0 Å². The first-order valence-corrected chi connectivity index (χ1v) is 7.81. The van der Waals surface area contributed by atoms with E-state index in [4.69, 9.17) is 0 Å². The van der Waals surface area contributed by atoms with Gasteiger partial charge in [0.2, 0.25) is 0 Å². The summed E-state index contributed by atoms with van der Waals surface area (Å²) in [6.07, 6.45) is 7.97. The second-order valence-electron chi connectivity index (χ2n) is 6.24. The van der Waals surface area contributed by atoms with Crippen LogP contribution < -0.4 is 10.2 Å². The number of benzene rings is 1. The Labute approximate surface area is 117 Å². The smallest absolute Gasteiger partial charge is 0.0401 e. The molecule has 0 saturated heterocycles. The van der Waals surface area contributed by atoms with Crippen LogP contribution >= 0.6 is 0 Å². The lowest BCUT2D eigenvalue weighted by atomic mass is 9.88. The van der Waals surface area contributed by atoms with E-state index in [1.54, 1.807) is 5.56 Å². The van der Waals surface area contributed by atoms with Gasteiger partial charge < -0.3 is 10.2 Å². The Morgan fingerprint density at radius 1 is 1.21 bits per heavy atom. The van der Waals surface area contributed by atoms with Crippen molar-refractivity contribution in [3.8, 4) is 0 Å². The standard InChI is InChI=1S/C17H26N2/c1-13-8-9-17-14(11-13)5-4-10-19(17)16-7-3-6-15(12-16)18-2/h8-9,11,15-16,18H,3-7,10,12H2,1-2H3. The molecular weight excluding hydrogens is 232 g/mol. The molecule has 1 heterocycles. The van der Waals surface area contributed by atoms with E-state index in [0.717, 1.165) is 12.1 Å². The van der Waals surface area contributed by atoms with Crippen LogP contribution in [0.3, 0.4) is 0 Å². The third kappa shape index (κ3) is 2.64. The average molecular weight is 258 g/mol. The van der Waals surface area contributed by atoms with E-state index in [1.165, 1.54) is 56.3 Å². The quantitative estimate of drug-likeness (QED) is 0.876. The van der Waals surface area contributed by atoms with Crippen LogP contribution in [0.2, 0.25) is 0 Å². The summed E-state index contributed by atoms with van der Waals surface area (Å²) < 4.78 is 0. The second kappa shape index (κ2) is 5.54. The molecule has 2 atom stereocenters. The van der Waals surface area contributed by atoms with Crippen molar-refractivity contribution in [2.24, 2.45) is 0 Å². The first kappa shape index (κ1) is 13.0. The summed E-state index contributed by atoms with van der Waals surface area (Å²) in [6, 6.07) is 8.48. The van der Waals surface area contributed by atoms with E-state index in [-0.39, 0.29) is 0 Å². The molecule has 1 aromatic rings. The molecule has 1 fully saturated rings. The number of rotatable bonds is 2. The maximum atomic E-state index is 3.48. The van der Waals surface area contributed by atoms with E-state index < -0.39 is 0 Å². The largest absolute Gasteiger partial charge is 0.368 e. The highest BCUT2D eigenvalue weighted by atomic mass is 15.2. The maximum absolute atomic E-state index is 3.48. The number of anilines is 1. The molecule has 19 heavy (non-hydrogen) atoms. The third-order valence-electron chi connectivity index (χ3n) is 4.89. The van der Waals surface area contributed by atoms with Crippen molar-refractivity contribution < 1.29 is 0 Å². The van der Waals surface area contributed by atoms with Gasteiger partial charge in [-0.1, -0.05) is 17.7 Å². The molecule has 2 heteroatoms. The van der Waals surface area contributed by atoms with Gasteiger partial charge in [-0.25, -0.2) is 0 Å². The zero-order valence-electron chi connectivity index (χ0n) is 12.3. The predicted molar refractivity (Wildman–Crippen MR) is 81.9 cm³/mol. The maximum Gasteiger partial charge on any atom is 0.0401 e. The second-order valence-corrected chi connectivity index (χ2v) is 6.24. The summed E-state index contributed by atoms with van der Waals surface area (Å²) >= 11 is 0. The molecule has 0 aromatic heterocycles. The van der Waals surface area contributed by atoms with Crippen LogP contribution in [0.4, 0.5) is 5.69 Å². The Morgan fingerprint density at radius 3 is 2.95 bits per heavy atom. The number of hydrogen-bond donors (Lipinski definition) is 1. The van der Waals surface area contributed by atoms with Crippen molar-refractivity contribution in [3.05, 3.63) is 29.3 Å². The molecule has 1 aromatic carbocycles. The van der Waals surface area contributed by atoms with Crippen LogP contribution in [0, 0.1) is 6.92 Å². The molecule has 2 aliphatic rings. The summed E-state index contributed by atoms with van der Waals surface area (Å²) in [5, 5.41) is 3.48. The van der Waals surface area contributed by atoms with Gasteiger partial charge in [0.1, 0.15) is 0 Å². The van der Waals surface area contributed by atoms with Gasteiger partial charge >= 0.3 is 0 Å². The zero-order chi connectivity index (χ0) is 13.2. The van der Waals surface area contributed by atoms with Gasteiger partial charge in [0, 0.05) is 24.3 Å². The van der Waals surface area contributed by atoms with Crippen LogP contribution in [-0.2, 0) is 6.42 Å². The molecule has 0 radical (unpaired) electrons. The van der Waals surface area contributed by atoms with Gasteiger partial charge in [0.25, 0.3) is 0 Å². The summed E-state index contributed by atoms with van der Waals surface area (Å²) in [6.45, 7) is 3.45. The number of nitrogens with zero attached hydrogens (tertiary/aromatic N) is 1. The fourth-order valence-corrected chi connectivity index (χ4v) is 3.84. The molecule has 3 rings (SSSR count). The first-order chi connectivity index (χ1) is 9.28. The normalized spacial score (nSPS) is 27.2. The lowest BCUT2D eigenvalue weighted by Gasteiger charge is -2.42. The number of nitrogens with one attached hydrogen (secondary N) is 1. The fraction of sp³-hybridized carbons (Fsp3) is 0.647. The molecule has 1 aliphatic heterocycles. The van der Waals surface area contributed by atoms with Crippen LogP contribution in [0.15, 0.2) is 18.2 Å². The molecule has 1 N–H and O–H groups in total. The topological polar surface area (TPSA) is 15.3 Å². The summed E-state index contributed by atoms with van der Waals surface area (Å²) in [7, 11) is 2.11. The van der Waals surface area contributed by atoms with Crippen molar-refractivity contribution in [1.29, 1.82) is 0 Å². The first-order valence-electron chi connectivity index (χ1n) is 7.81. The van der Waals surface area contributed by atoms with Gasteiger partial charge in [-0.05, 0) is 64.1 Å². The average Bonchev–Trinajstić information content (AvgIpc) is 2.46. The molecule has 0 amide bonds. The van der Waals surface area contributed by atoms with Gasteiger partial charge in [-0.2, -0.15) is 0 Å². The van der Waals surface area contributed by atoms with E-state index in [2.05, 4.69) is 42.4 Å². The van der Waals surface area contributed by atoms with Crippen molar-refractivity contribution >= 4 is 5.69 Å². The van der Waals surface area contributed by atoms with Crippen molar-refractivity contribution in [3.63, 3.8) is 0 Å². The summed E-state index contributed by atoms with van der Waals surface area (Å²) in [5.41, 5.74) is 4.48. The van der Waals surface area contributed by atoms with E-state index in [9.17, 15) is 0 Å². The minimum atomic E-state index is 0.717. The van der Waals surface area contributed by atoms with Gasteiger partial charge in [-0.15, -0.1) is 0 Å². The molecular formula is C17H26N2. The Bertz CT molecular complexity index is 441. The fourth-order valence-electron chi connectivity index (χ4n) is 3.84. The molecule has 1 aliphatic carbocycles. The summed E-state index contributed by atoms with van der Waals surface area (Å²) in [5.74, 6) is 0. The van der Waals surface area contributed by atoms with E-state index >= 15 is 0 Å². The number of fused-ring (bicyclic) bond motifs is 1. The minimum absolute atomic E-state index is 0.717. The highest BCUT2D eigenvalue weighted by Gasteiger charge is 2.28. The highest BCUT2D eigenvalue weighted by Crippen LogP contribution is 2.34.